The van der Waals surface area contributed by atoms with Crippen molar-refractivity contribution in [3.63, 3.8) is 0 Å². The maximum atomic E-state index is 12.2. The number of carbonyl (C=O) groups excluding carboxylic acids is 1. The van der Waals surface area contributed by atoms with Crippen LogP contribution in [-0.4, -0.2) is 40.9 Å². The maximum absolute atomic E-state index is 12.2. The van der Waals surface area contributed by atoms with E-state index in [0.29, 0.717) is 5.75 Å². The van der Waals surface area contributed by atoms with Crippen LogP contribution in [0.4, 0.5) is 0 Å². The van der Waals surface area contributed by atoms with Gasteiger partial charge in [0, 0.05) is 25.7 Å². The number of rotatable bonds is 9. The first-order valence-electron chi connectivity index (χ1n) is 8.64. The summed E-state index contributed by atoms with van der Waals surface area (Å²) in [6, 6.07) is 3.91. The molecule has 140 valence electrons. The van der Waals surface area contributed by atoms with E-state index in [1.54, 1.807) is 14.2 Å². The Morgan fingerprint density at radius 2 is 1.80 bits per heavy atom. The Kier molecular flexibility index (Phi) is 7.52. The Labute approximate surface area is 149 Å². The first-order valence-corrected chi connectivity index (χ1v) is 8.64. The maximum Gasteiger partial charge on any atom is 0.309 e. The van der Waals surface area contributed by atoms with Crippen LogP contribution >= 0.6 is 0 Å². The zero-order valence-corrected chi connectivity index (χ0v) is 15.5. The number of hydrogen-bond donors (Lipinski definition) is 0. The first kappa shape index (κ1) is 19.5. The van der Waals surface area contributed by atoms with Gasteiger partial charge in [-0.05, 0) is 37.0 Å². The largest absolute Gasteiger partial charge is 0.469 e. The molecule has 0 spiro atoms. The molecule has 1 aliphatic carbocycles. The Hall–Kier alpha value is -1.79. The second-order valence-electron chi connectivity index (χ2n) is 6.12. The quantitative estimate of drug-likeness (QED) is 0.502. The van der Waals surface area contributed by atoms with E-state index in [0.717, 1.165) is 42.6 Å². The van der Waals surface area contributed by atoms with Gasteiger partial charge < -0.3 is 23.7 Å². The van der Waals surface area contributed by atoms with Gasteiger partial charge in [-0.25, -0.2) is 0 Å². The zero-order chi connectivity index (χ0) is 18.2. The van der Waals surface area contributed by atoms with E-state index in [1.807, 2.05) is 12.1 Å². The molecule has 0 aromatic heterocycles. The Bertz CT molecular complexity index is 571. The van der Waals surface area contributed by atoms with Crippen LogP contribution in [0, 0.1) is 5.92 Å². The fraction of sp³-hybridized carbons (Fsp3) is 0.632. The van der Waals surface area contributed by atoms with Gasteiger partial charge in [0.25, 0.3) is 0 Å². The molecule has 6 nitrogen and oxygen atoms in total. The van der Waals surface area contributed by atoms with Gasteiger partial charge in [0.1, 0.15) is 11.5 Å². The Morgan fingerprint density at radius 1 is 1.08 bits per heavy atom. The van der Waals surface area contributed by atoms with Crippen molar-refractivity contribution < 1.29 is 28.5 Å². The summed E-state index contributed by atoms with van der Waals surface area (Å²) in [5, 5.41) is 0. The third-order valence-corrected chi connectivity index (χ3v) is 4.63. The molecule has 0 heterocycles. The summed E-state index contributed by atoms with van der Waals surface area (Å²) in [7, 11) is 4.62. The lowest BCUT2D eigenvalue weighted by Gasteiger charge is -2.24. The van der Waals surface area contributed by atoms with Gasteiger partial charge in [0.15, 0.2) is 13.6 Å². The standard InChI is InChI=1S/C19H28O6/c1-5-13-9-14(24-11-21-2)10-17(18(13)25-12-22-3)15-7-6-8-16(15)19(20)23-4/h9-10,15-16H,5-8,11-12H2,1-4H3/t15?,16-/m0/s1. The molecule has 0 radical (unpaired) electrons. The van der Waals surface area contributed by atoms with Crippen LogP contribution in [0.15, 0.2) is 12.1 Å². The van der Waals surface area contributed by atoms with Crippen molar-refractivity contribution in [1.29, 1.82) is 0 Å². The van der Waals surface area contributed by atoms with Crippen molar-refractivity contribution in [2.45, 2.75) is 38.5 Å². The van der Waals surface area contributed by atoms with E-state index in [1.165, 1.54) is 7.11 Å². The second-order valence-corrected chi connectivity index (χ2v) is 6.12. The molecule has 1 unspecified atom stereocenters. The molecule has 25 heavy (non-hydrogen) atoms. The van der Waals surface area contributed by atoms with Gasteiger partial charge in [-0.1, -0.05) is 13.3 Å². The second kappa shape index (κ2) is 9.63. The van der Waals surface area contributed by atoms with Crippen molar-refractivity contribution in [3.8, 4) is 11.5 Å². The van der Waals surface area contributed by atoms with Crippen LogP contribution in [-0.2, 0) is 25.4 Å². The summed E-state index contributed by atoms with van der Waals surface area (Å²) in [6.07, 6.45) is 3.51. The minimum Gasteiger partial charge on any atom is -0.469 e. The molecule has 0 aliphatic heterocycles. The first-order chi connectivity index (χ1) is 12.2. The summed E-state index contributed by atoms with van der Waals surface area (Å²) in [6.45, 7) is 2.39. The predicted molar refractivity (Wildman–Crippen MR) is 92.9 cm³/mol. The Balaban J connectivity index is 2.44. The highest BCUT2D eigenvalue weighted by atomic mass is 16.7. The normalized spacial score (nSPS) is 19.7. The smallest absolute Gasteiger partial charge is 0.309 e. The third-order valence-electron chi connectivity index (χ3n) is 4.63. The molecule has 1 aromatic carbocycles. The van der Waals surface area contributed by atoms with E-state index in [-0.39, 0.29) is 31.4 Å². The van der Waals surface area contributed by atoms with E-state index in [2.05, 4.69) is 6.92 Å². The monoisotopic (exact) mass is 352 g/mol. The number of benzene rings is 1. The van der Waals surface area contributed by atoms with Crippen LogP contribution in [0.2, 0.25) is 0 Å². The lowest BCUT2D eigenvalue weighted by atomic mass is 9.86. The number of esters is 1. The fourth-order valence-corrected chi connectivity index (χ4v) is 3.49. The summed E-state index contributed by atoms with van der Waals surface area (Å²) >= 11 is 0. The van der Waals surface area contributed by atoms with Crippen molar-refractivity contribution in [2.24, 2.45) is 5.92 Å². The molecular formula is C19H28O6. The minimum atomic E-state index is -0.165. The molecule has 0 bridgehead atoms. The molecule has 0 N–H and O–H groups in total. The van der Waals surface area contributed by atoms with Crippen molar-refractivity contribution in [1.82, 2.24) is 0 Å². The van der Waals surface area contributed by atoms with Crippen LogP contribution in [0.25, 0.3) is 0 Å². The number of carbonyl (C=O) groups is 1. The minimum absolute atomic E-state index is 0.0516. The molecule has 0 saturated heterocycles. The van der Waals surface area contributed by atoms with E-state index >= 15 is 0 Å². The molecule has 0 amide bonds. The summed E-state index contributed by atoms with van der Waals surface area (Å²) in [5.41, 5.74) is 2.01. The molecule has 2 atom stereocenters. The Morgan fingerprint density at radius 3 is 2.44 bits per heavy atom. The van der Waals surface area contributed by atoms with Gasteiger partial charge in [-0.15, -0.1) is 0 Å². The molecule has 6 heteroatoms. The fourth-order valence-electron chi connectivity index (χ4n) is 3.49. The topological polar surface area (TPSA) is 63.2 Å². The lowest BCUT2D eigenvalue weighted by Crippen LogP contribution is -2.20. The average Bonchev–Trinajstić information content (AvgIpc) is 3.13. The zero-order valence-electron chi connectivity index (χ0n) is 15.5. The number of hydrogen-bond acceptors (Lipinski definition) is 6. The SMILES string of the molecule is CCc1cc(OCOC)cc(C2CCC[C@@H]2C(=O)OC)c1OCOC. The van der Waals surface area contributed by atoms with Gasteiger partial charge >= 0.3 is 5.97 Å². The van der Waals surface area contributed by atoms with E-state index in [9.17, 15) is 4.79 Å². The van der Waals surface area contributed by atoms with E-state index in [4.69, 9.17) is 23.7 Å². The molecule has 2 rings (SSSR count). The molecule has 1 saturated carbocycles. The summed E-state index contributed by atoms with van der Waals surface area (Å²) in [5.74, 6) is 1.23. The third kappa shape index (κ3) is 4.64. The number of methoxy groups -OCH3 is 3. The highest BCUT2D eigenvalue weighted by Gasteiger charge is 2.37. The average molecular weight is 352 g/mol. The van der Waals surface area contributed by atoms with Crippen LogP contribution in [0.3, 0.4) is 0 Å². The lowest BCUT2D eigenvalue weighted by molar-refractivity contribution is -0.145. The van der Waals surface area contributed by atoms with Crippen molar-refractivity contribution in [2.75, 3.05) is 34.9 Å². The molecule has 1 aromatic rings. The number of ether oxygens (including phenoxy) is 5. The summed E-state index contributed by atoms with van der Waals surface area (Å²) in [4.78, 5) is 12.2. The van der Waals surface area contributed by atoms with Crippen LogP contribution in [0.1, 0.15) is 43.2 Å². The van der Waals surface area contributed by atoms with Gasteiger partial charge in [-0.2, -0.15) is 0 Å². The van der Waals surface area contributed by atoms with Crippen LogP contribution in [0.5, 0.6) is 11.5 Å². The van der Waals surface area contributed by atoms with E-state index < -0.39 is 0 Å². The predicted octanol–water partition coefficient (Wildman–Crippen LogP) is 3.27. The number of aryl methyl sites for hydroxylation is 1. The molecular weight excluding hydrogens is 324 g/mol. The highest BCUT2D eigenvalue weighted by molar-refractivity contribution is 5.74. The molecule has 1 aliphatic rings. The highest BCUT2D eigenvalue weighted by Crippen LogP contribution is 2.46. The van der Waals surface area contributed by atoms with Crippen molar-refractivity contribution >= 4 is 5.97 Å². The van der Waals surface area contributed by atoms with Gasteiger partial charge in [0.05, 0.1) is 13.0 Å². The van der Waals surface area contributed by atoms with Crippen LogP contribution < -0.4 is 9.47 Å². The van der Waals surface area contributed by atoms with Crippen molar-refractivity contribution in [3.05, 3.63) is 23.3 Å². The summed E-state index contributed by atoms with van der Waals surface area (Å²) < 4.78 is 26.6. The van der Waals surface area contributed by atoms with Gasteiger partial charge in [0.2, 0.25) is 0 Å². The molecule has 1 fully saturated rings. The van der Waals surface area contributed by atoms with Gasteiger partial charge in [-0.3, -0.25) is 4.79 Å².